The van der Waals surface area contributed by atoms with Crippen LogP contribution in [-0.4, -0.2) is 28.5 Å². The summed E-state index contributed by atoms with van der Waals surface area (Å²) in [5, 5.41) is 15.2. The van der Waals surface area contributed by atoms with Crippen molar-refractivity contribution in [1.82, 2.24) is 4.98 Å². The van der Waals surface area contributed by atoms with Gasteiger partial charge < -0.3 is 14.7 Å². The van der Waals surface area contributed by atoms with Crippen molar-refractivity contribution in [2.45, 2.75) is 4.90 Å². The van der Waals surface area contributed by atoms with E-state index in [-0.39, 0.29) is 12.2 Å². The Morgan fingerprint density at radius 2 is 1.62 bits per heavy atom. The smallest absolute Gasteiger partial charge is 0.324 e. The molecule has 0 aliphatic carbocycles. The van der Waals surface area contributed by atoms with E-state index < -0.39 is 11.9 Å². The molecule has 3 aromatic carbocycles. The molecule has 2 N–H and O–H groups in total. The van der Waals surface area contributed by atoms with E-state index in [0.29, 0.717) is 31.3 Å². The predicted molar refractivity (Wildman–Crippen MR) is 138 cm³/mol. The first-order valence-electron chi connectivity index (χ1n) is 9.88. The van der Waals surface area contributed by atoms with Gasteiger partial charge >= 0.3 is 5.97 Å². The average Bonchev–Trinajstić information content (AvgIpc) is 2.77. The molecule has 1 aromatic heterocycles. The van der Waals surface area contributed by atoms with Crippen molar-refractivity contribution in [2.24, 2.45) is 0 Å². The Hall–Kier alpha value is -2.97. The number of carbonyl (C=O) groups excluding carboxylic acids is 1. The molecule has 0 bridgehead atoms. The van der Waals surface area contributed by atoms with Gasteiger partial charge in [0.1, 0.15) is 12.2 Å². The van der Waals surface area contributed by atoms with E-state index in [1.807, 2.05) is 18.2 Å². The van der Waals surface area contributed by atoms with E-state index >= 15 is 0 Å². The molecule has 0 unspecified atom stereocenters. The number of carbonyl (C=O) groups is 2. The van der Waals surface area contributed by atoms with E-state index in [1.54, 1.807) is 46.8 Å². The van der Waals surface area contributed by atoms with Gasteiger partial charge in [-0.2, -0.15) is 0 Å². The number of aliphatic carboxylic acids is 1. The standard InChI is InChI=1S/C24H16Cl3N3O3S/c25-14-7-8-28-21(12-14)24(33)29-20-5-1-4-19-18(20)3-2-6-22(19)30(13-23(31)32)34-17-10-15(26)9-16(27)11-17/h1-12H,13H2,(H,29,33)(H,31,32). The number of nitrogens with zero attached hydrogens (tertiary/aromatic N) is 2. The SMILES string of the molecule is O=C(O)CN(Sc1cc(Cl)cc(Cl)c1)c1cccc2c(NC(=O)c3cc(Cl)ccn3)cccc12. The van der Waals surface area contributed by atoms with Gasteiger partial charge in [0.15, 0.2) is 0 Å². The molecular formula is C24H16Cl3N3O3S. The second-order valence-electron chi connectivity index (χ2n) is 7.12. The van der Waals surface area contributed by atoms with E-state index in [1.165, 1.54) is 24.2 Å². The summed E-state index contributed by atoms with van der Waals surface area (Å²) in [6.45, 7) is -0.281. The van der Waals surface area contributed by atoms with Crippen molar-refractivity contribution in [3.05, 3.63) is 93.7 Å². The van der Waals surface area contributed by atoms with Crippen molar-refractivity contribution in [3.8, 4) is 0 Å². The van der Waals surface area contributed by atoms with Gasteiger partial charge in [-0.25, -0.2) is 0 Å². The molecule has 34 heavy (non-hydrogen) atoms. The van der Waals surface area contributed by atoms with Crippen LogP contribution in [0, 0.1) is 0 Å². The minimum Gasteiger partial charge on any atom is -0.480 e. The van der Waals surface area contributed by atoms with Crippen molar-refractivity contribution in [3.63, 3.8) is 0 Å². The lowest BCUT2D eigenvalue weighted by molar-refractivity contribution is -0.135. The van der Waals surface area contributed by atoms with Crippen LogP contribution < -0.4 is 9.62 Å². The Morgan fingerprint density at radius 1 is 0.912 bits per heavy atom. The normalized spacial score (nSPS) is 10.8. The van der Waals surface area contributed by atoms with Crippen LogP contribution in [0.15, 0.2) is 77.8 Å². The van der Waals surface area contributed by atoms with Crippen molar-refractivity contribution in [1.29, 1.82) is 0 Å². The van der Waals surface area contributed by atoms with Crippen LogP contribution in [0.25, 0.3) is 10.8 Å². The minimum atomic E-state index is -1.01. The van der Waals surface area contributed by atoms with Gasteiger partial charge in [-0.05, 0) is 54.4 Å². The summed E-state index contributed by atoms with van der Waals surface area (Å²) in [4.78, 5) is 29.1. The second kappa shape index (κ2) is 10.5. The monoisotopic (exact) mass is 531 g/mol. The maximum absolute atomic E-state index is 12.7. The first kappa shape index (κ1) is 24.2. The van der Waals surface area contributed by atoms with E-state index in [9.17, 15) is 14.7 Å². The van der Waals surface area contributed by atoms with Crippen molar-refractivity contribution >= 4 is 80.8 Å². The Labute approximate surface area is 214 Å². The van der Waals surface area contributed by atoms with Gasteiger partial charge in [0.05, 0.1) is 5.69 Å². The molecule has 0 radical (unpaired) electrons. The Morgan fingerprint density at radius 3 is 2.32 bits per heavy atom. The summed E-state index contributed by atoms with van der Waals surface area (Å²) in [6, 6.07) is 19.0. The zero-order chi connectivity index (χ0) is 24.2. The Kier molecular flexibility index (Phi) is 7.48. The molecule has 4 rings (SSSR count). The molecular weight excluding hydrogens is 517 g/mol. The predicted octanol–water partition coefficient (Wildman–Crippen LogP) is 7.05. The maximum Gasteiger partial charge on any atom is 0.324 e. The fraction of sp³-hybridized carbons (Fsp3) is 0.0417. The van der Waals surface area contributed by atoms with Gasteiger partial charge in [-0.3, -0.25) is 14.6 Å². The summed E-state index contributed by atoms with van der Waals surface area (Å²) in [5.74, 6) is -1.42. The lowest BCUT2D eigenvalue weighted by atomic mass is 10.1. The highest BCUT2D eigenvalue weighted by molar-refractivity contribution is 8.00. The topological polar surface area (TPSA) is 82.5 Å². The van der Waals surface area contributed by atoms with Crippen LogP contribution in [-0.2, 0) is 4.79 Å². The third kappa shape index (κ3) is 5.74. The summed E-state index contributed by atoms with van der Waals surface area (Å²) >= 11 is 19.4. The second-order valence-corrected chi connectivity index (χ2v) is 9.52. The number of carboxylic acids is 1. The van der Waals surface area contributed by atoms with E-state index in [4.69, 9.17) is 34.8 Å². The zero-order valence-corrected chi connectivity index (χ0v) is 20.4. The first-order valence-corrected chi connectivity index (χ1v) is 11.8. The number of hydrogen-bond donors (Lipinski definition) is 2. The minimum absolute atomic E-state index is 0.182. The number of nitrogens with one attached hydrogen (secondary N) is 1. The Balaban J connectivity index is 1.72. The molecule has 1 heterocycles. The van der Waals surface area contributed by atoms with Gasteiger partial charge in [0.25, 0.3) is 5.91 Å². The number of halogens is 3. The average molecular weight is 533 g/mol. The van der Waals surface area contributed by atoms with Crippen molar-refractivity contribution < 1.29 is 14.7 Å². The van der Waals surface area contributed by atoms with Crippen LogP contribution in [0.4, 0.5) is 11.4 Å². The number of aromatic nitrogens is 1. The maximum atomic E-state index is 12.7. The highest BCUT2D eigenvalue weighted by Gasteiger charge is 2.18. The zero-order valence-electron chi connectivity index (χ0n) is 17.3. The van der Waals surface area contributed by atoms with E-state index in [2.05, 4.69) is 10.3 Å². The number of anilines is 2. The highest BCUT2D eigenvalue weighted by Crippen LogP contribution is 2.38. The van der Waals surface area contributed by atoms with Crippen LogP contribution in [0.5, 0.6) is 0 Å². The van der Waals surface area contributed by atoms with E-state index in [0.717, 1.165) is 10.8 Å². The number of fused-ring (bicyclic) bond motifs is 1. The van der Waals surface area contributed by atoms with Crippen LogP contribution in [0.2, 0.25) is 15.1 Å². The quantitative estimate of drug-likeness (QED) is 0.248. The number of amides is 1. The molecule has 0 fully saturated rings. The van der Waals surface area contributed by atoms with Crippen LogP contribution >= 0.6 is 46.8 Å². The molecule has 0 saturated heterocycles. The molecule has 0 aliphatic heterocycles. The molecule has 10 heteroatoms. The third-order valence-electron chi connectivity index (χ3n) is 4.70. The van der Waals surface area contributed by atoms with Gasteiger partial charge in [0, 0.05) is 42.6 Å². The fourth-order valence-corrected chi connectivity index (χ4v) is 5.19. The van der Waals surface area contributed by atoms with Gasteiger partial charge in [-0.15, -0.1) is 0 Å². The molecule has 172 valence electrons. The molecule has 1 amide bonds. The number of benzene rings is 3. The highest BCUT2D eigenvalue weighted by atomic mass is 35.5. The number of pyridine rings is 1. The molecule has 0 atom stereocenters. The van der Waals surface area contributed by atoms with Gasteiger partial charge in [-0.1, -0.05) is 59.1 Å². The molecule has 6 nitrogen and oxygen atoms in total. The summed E-state index contributed by atoms with van der Waals surface area (Å²) < 4.78 is 1.64. The summed E-state index contributed by atoms with van der Waals surface area (Å²) in [5.41, 5.74) is 1.39. The number of rotatable bonds is 7. The number of carboxylic acid groups (broad SMARTS) is 1. The molecule has 0 aliphatic rings. The summed E-state index contributed by atoms with van der Waals surface area (Å²) in [6.07, 6.45) is 1.46. The Bertz CT molecular complexity index is 1380. The first-order chi connectivity index (χ1) is 16.3. The van der Waals surface area contributed by atoms with Crippen LogP contribution in [0.1, 0.15) is 10.5 Å². The molecule has 4 aromatic rings. The fourth-order valence-electron chi connectivity index (χ4n) is 3.33. The molecule has 0 spiro atoms. The third-order valence-corrected chi connectivity index (χ3v) is 6.37. The largest absolute Gasteiger partial charge is 0.480 e. The summed E-state index contributed by atoms with van der Waals surface area (Å²) in [7, 11) is 0. The molecule has 0 saturated carbocycles. The lowest BCUT2D eigenvalue weighted by Crippen LogP contribution is -2.23. The van der Waals surface area contributed by atoms with Crippen LogP contribution in [0.3, 0.4) is 0 Å². The van der Waals surface area contributed by atoms with Gasteiger partial charge in [0.2, 0.25) is 0 Å². The lowest BCUT2D eigenvalue weighted by Gasteiger charge is -2.24. The van der Waals surface area contributed by atoms with Crippen molar-refractivity contribution in [2.75, 3.05) is 16.2 Å². The number of hydrogen-bond acceptors (Lipinski definition) is 5.